The summed E-state index contributed by atoms with van der Waals surface area (Å²) < 4.78 is 5.47. The predicted octanol–water partition coefficient (Wildman–Crippen LogP) is 1.53. The monoisotopic (exact) mass is 226 g/mol. The zero-order valence-electron chi connectivity index (χ0n) is 10.9. The lowest BCUT2D eigenvalue weighted by Gasteiger charge is -2.52. The number of methoxy groups -OCH3 is 1. The second-order valence-corrected chi connectivity index (χ2v) is 5.89. The maximum absolute atomic E-state index is 5.47. The third-order valence-electron chi connectivity index (χ3n) is 4.49. The third kappa shape index (κ3) is 2.41. The van der Waals surface area contributed by atoms with E-state index in [1.165, 1.54) is 25.8 Å². The van der Waals surface area contributed by atoms with Crippen LogP contribution in [0.5, 0.6) is 0 Å². The first-order valence-corrected chi connectivity index (χ1v) is 6.64. The van der Waals surface area contributed by atoms with Gasteiger partial charge in [0.25, 0.3) is 0 Å². The van der Waals surface area contributed by atoms with Crippen molar-refractivity contribution in [2.45, 2.75) is 57.7 Å². The van der Waals surface area contributed by atoms with Crippen LogP contribution in [0.3, 0.4) is 0 Å². The van der Waals surface area contributed by atoms with Crippen LogP contribution >= 0.6 is 0 Å². The summed E-state index contributed by atoms with van der Waals surface area (Å²) >= 11 is 0. The average Bonchev–Trinajstić information content (AvgIpc) is 2.29. The van der Waals surface area contributed by atoms with Gasteiger partial charge in [0.15, 0.2) is 0 Å². The topological polar surface area (TPSA) is 33.3 Å². The van der Waals surface area contributed by atoms with E-state index in [9.17, 15) is 0 Å². The Morgan fingerprint density at radius 3 is 2.75 bits per heavy atom. The van der Waals surface area contributed by atoms with Gasteiger partial charge in [0, 0.05) is 31.2 Å². The first-order chi connectivity index (χ1) is 7.64. The molecule has 0 amide bonds. The highest BCUT2D eigenvalue weighted by molar-refractivity contribution is 5.02. The molecule has 3 heteroatoms. The Balaban J connectivity index is 1.71. The van der Waals surface area contributed by atoms with Gasteiger partial charge in [0.2, 0.25) is 0 Å². The van der Waals surface area contributed by atoms with E-state index in [-0.39, 0.29) is 0 Å². The van der Waals surface area contributed by atoms with E-state index in [0.717, 1.165) is 13.0 Å². The number of hydrogen-bond donors (Lipinski definition) is 2. The molecule has 3 atom stereocenters. The van der Waals surface area contributed by atoms with Crippen LogP contribution in [-0.4, -0.2) is 38.4 Å². The molecule has 1 heterocycles. The highest BCUT2D eigenvalue weighted by Gasteiger charge is 2.48. The molecule has 1 aliphatic heterocycles. The highest BCUT2D eigenvalue weighted by atomic mass is 16.5. The zero-order chi connectivity index (χ0) is 11.6. The Hall–Kier alpha value is -0.120. The molecule has 3 nitrogen and oxygen atoms in total. The number of ether oxygens (including phenoxy) is 1. The van der Waals surface area contributed by atoms with Crippen molar-refractivity contribution < 1.29 is 4.74 Å². The van der Waals surface area contributed by atoms with E-state index in [0.29, 0.717) is 23.6 Å². The largest absolute Gasteiger partial charge is 0.381 e. The maximum atomic E-state index is 5.47. The van der Waals surface area contributed by atoms with Crippen molar-refractivity contribution in [1.82, 2.24) is 10.6 Å². The molecule has 94 valence electrons. The Kier molecular flexibility index (Phi) is 3.88. The predicted molar refractivity (Wildman–Crippen MR) is 66.6 cm³/mol. The van der Waals surface area contributed by atoms with Gasteiger partial charge >= 0.3 is 0 Å². The van der Waals surface area contributed by atoms with Gasteiger partial charge in [-0.1, -0.05) is 20.3 Å². The lowest BCUT2D eigenvalue weighted by atomic mass is 9.64. The molecule has 0 aromatic rings. The number of hydrogen-bond acceptors (Lipinski definition) is 3. The van der Waals surface area contributed by atoms with Crippen molar-refractivity contribution in [2.24, 2.45) is 5.41 Å². The van der Waals surface area contributed by atoms with Crippen molar-refractivity contribution in [3.63, 3.8) is 0 Å². The van der Waals surface area contributed by atoms with Crippen LogP contribution in [0.25, 0.3) is 0 Å². The molecule has 0 aromatic heterocycles. The Morgan fingerprint density at radius 1 is 1.38 bits per heavy atom. The number of nitrogens with one attached hydrogen (secondary N) is 2. The minimum absolute atomic E-state index is 0.295. The van der Waals surface area contributed by atoms with Crippen molar-refractivity contribution in [3.05, 3.63) is 0 Å². The molecular formula is C13H26N2O. The van der Waals surface area contributed by atoms with Crippen LogP contribution in [0.15, 0.2) is 0 Å². The molecule has 0 aromatic carbocycles. The summed E-state index contributed by atoms with van der Waals surface area (Å²) in [7, 11) is 1.82. The van der Waals surface area contributed by atoms with Crippen LogP contribution in [0.4, 0.5) is 0 Å². The van der Waals surface area contributed by atoms with Gasteiger partial charge in [-0.3, -0.25) is 0 Å². The van der Waals surface area contributed by atoms with E-state index in [1.807, 2.05) is 7.11 Å². The molecule has 1 aliphatic carbocycles. The van der Waals surface area contributed by atoms with Crippen LogP contribution in [-0.2, 0) is 4.74 Å². The Morgan fingerprint density at radius 2 is 2.19 bits per heavy atom. The van der Waals surface area contributed by atoms with Crippen LogP contribution in [0.2, 0.25) is 0 Å². The molecule has 2 aliphatic rings. The fraction of sp³-hybridized carbons (Fsp3) is 1.00. The molecule has 3 unspecified atom stereocenters. The first kappa shape index (κ1) is 12.3. The van der Waals surface area contributed by atoms with Crippen LogP contribution < -0.4 is 10.6 Å². The van der Waals surface area contributed by atoms with Gasteiger partial charge in [-0.05, 0) is 25.8 Å². The normalized spacial score (nSPS) is 38.1. The van der Waals surface area contributed by atoms with Gasteiger partial charge in [-0.25, -0.2) is 0 Å². The summed E-state index contributed by atoms with van der Waals surface area (Å²) in [6.45, 7) is 6.92. The van der Waals surface area contributed by atoms with E-state index < -0.39 is 0 Å². The van der Waals surface area contributed by atoms with Crippen LogP contribution in [0, 0.1) is 5.41 Å². The number of rotatable bonds is 4. The van der Waals surface area contributed by atoms with Crippen LogP contribution in [0.1, 0.15) is 39.5 Å². The fourth-order valence-electron chi connectivity index (χ4n) is 3.01. The molecule has 0 spiro atoms. The summed E-state index contributed by atoms with van der Waals surface area (Å²) in [5, 5.41) is 7.28. The van der Waals surface area contributed by atoms with E-state index in [1.54, 1.807) is 0 Å². The minimum Gasteiger partial charge on any atom is -0.381 e. The standard InChI is InChI=1S/C13H26N2O/c1-13(2)11(8-12(13)16-3)15-9-10-6-4-5-7-14-10/h10-12,14-15H,4-9H2,1-3H3. The Bertz CT molecular complexity index is 224. The molecular weight excluding hydrogens is 200 g/mol. The Labute approximate surface area is 99.3 Å². The summed E-state index contributed by atoms with van der Waals surface area (Å²) in [4.78, 5) is 0. The fourth-order valence-corrected chi connectivity index (χ4v) is 3.01. The highest BCUT2D eigenvalue weighted by Crippen LogP contribution is 2.42. The van der Waals surface area contributed by atoms with Crippen molar-refractivity contribution in [2.75, 3.05) is 20.2 Å². The average molecular weight is 226 g/mol. The van der Waals surface area contributed by atoms with Crippen molar-refractivity contribution in [3.8, 4) is 0 Å². The van der Waals surface area contributed by atoms with Gasteiger partial charge < -0.3 is 15.4 Å². The molecule has 1 saturated carbocycles. The molecule has 2 rings (SSSR count). The molecule has 0 radical (unpaired) electrons. The minimum atomic E-state index is 0.295. The summed E-state index contributed by atoms with van der Waals surface area (Å²) in [5.74, 6) is 0. The first-order valence-electron chi connectivity index (χ1n) is 6.64. The summed E-state index contributed by atoms with van der Waals surface area (Å²) in [6, 6.07) is 1.31. The van der Waals surface area contributed by atoms with Gasteiger partial charge in [0.1, 0.15) is 0 Å². The molecule has 1 saturated heterocycles. The second kappa shape index (κ2) is 5.03. The van der Waals surface area contributed by atoms with Crippen molar-refractivity contribution >= 4 is 0 Å². The third-order valence-corrected chi connectivity index (χ3v) is 4.49. The van der Waals surface area contributed by atoms with Gasteiger partial charge in [-0.15, -0.1) is 0 Å². The summed E-state index contributed by atoms with van der Waals surface area (Å²) in [6.07, 6.45) is 5.65. The quantitative estimate of drug-likeness (QED) is 0.763. The smallest absolute Gasteiger partial charge is 0.0652 e. The maximum Gasteiger partial charge on any atom is 0.0652 e. The molecule has 2 N–H and O–H groups in total. The van der Waals surface area contributed by atoms with Gasteiger partial charge in [0.05, 0.1) is 6.10 Å². The lowest BCUT2D eigenvalue weighted by molar-refractivity contribution is -0.0977. The van der Waals surface area contributed by atoms with E-state index in [4.69, 9.17) is 4.74 Å². The van der Waals surface area contributed by atoms with Gasteiger partial charge in [-0.2, -0.15) is 0 Å². The van der Waals surface area contributed by atoms with E-state index >= 15 is 0 Å². The second-order valence-electron chi connectivity index (χ2n) is 5.89. The zero-order valence-corrected chi connectivity index (χ0v) is 10.9. The number of piperidine rings is 1. The molecule has 16 heavy (non-hydrogen) atoms. The SMILES string of the molecule is COC1CC(NCC2CCCCN2)C1(C)C. The van der Waals surface area contributed by atoms with E-state index in [2.05, 4.69) is 24.5 Å². The lowest BCUT2D eigenvalue weighted by Crippen LogP contribution is -2.62. The molecule has 0 bridgehead atoms. The molecule has 2 fully saturated rings. The van der Waals surface area contributed by atoms with Crippen molar-refractivity contribution in [1.29, 1.82) is 0 Å². The summed E-state index contributed by atoms with van der Waals surface area (Å²) in [5.41, 5.74) is 0.295.